The van der Waals surface area contributed by atoms with Gasteiger partial charge in [0.25, 0.3) is 5.22 Å². The Morgan fingerprint density at radius 3 is 2.83 bits per heavy atom. The lowest BCUT2D eigenvalue weighted by atomic mass is 10.2. The van der Waals surface area contributed by atoms with Crippen LogP contribution in [-0.4, -0.2) is 22.8 Å². The zero-order valence-corrected chi connectivity index (χ0v) is 12.0. The summed E-state index contributed by atoms with van der Waals surface area (Å²) in [6, 6.07) is 8.42. The van der Waals surface area contributed by atoms with Crippen LogP contribution in [0, 0.1) is 0 Å². The van der Waals surface area contributed by atoms with Crippen LogP contribution in [0.1, 0.15) is 27.2 Å². The quantitative estimate of drug-likeness (QED) is 0.807. The van der Waals surface area contributed by atoms with Gasteiger partial charge in [-0.3, -0.25) is 0 Å². The molecule has 2 rings (SSSR count). The Hall–Kier alpha value is -1.00. The lowest BCUT2D eigenvalue weighted by Gasteiger charge is -2.15. The van der Waals surface area contributed by atoms with Gasteiger partial charge in [0.2, 0.25) is 0 Å². The van der Waals surface area contributed by atoms with Gasteiger partial charge in [-0.25, -0.2) is 4.98 Å². The Kier molecular flexibility index (Phi) is 4.66. The lowest BCUT2D eigenvalue weighted by Crippen LogP contribution is -2.28. The summed E-state index contributed by atoms with van der Waals surface area (Å²) >= 11 is 1.71. The minimum Gasteiger partial charge on any atom is -0.431 e. The summed E-state index contributed by atoms with van der Waals surface area (Å²) in [4.78, 5) is 4.48. The highest BCUT2D eigenvalue weighted by Gasteiger charge is 2.13. The third kappa shape index (κ3) is 3.50. The van der Waals surface area contributed by atoms with Crippen LogP contribution in [0.15, 0.2) is 33.9 Å². The van der Waals surface area contributed by atoms with Gasteiger partial charge in [-0.05, 0) is 32.0 Å². The van der Waals surface area contributed by atoms with E-state index in [0.717, 1.165) is 29.3 Å². The normalized spacial score (nSPS) is 14.8. The first kappa shape index (κ1) is 13.4. The SMILES string of the molecule is CCNC(C)CC(C)Sc1nc2ccccc2o1. The van der Waals surface area contributed by atoms with Crippen molar-refractivity contribution in [2.75, 3.05) is 6.54 Å². The standard InChI is InChI=1S/C14H20N2OS/c1-4-15-10(2)9-11(3)18-14-16-12-7-5-6-8-13(12)17-14/h5-8,10-11,15H,4,9H2,1-3H3. The molecular weight excluding hydrogens is 244 g/mol. The summed E-state index contributed by atoms with van der Waals surface area (Å²) in [6.07, 6.45) is 1.11. The van der Waals surface area contributed by atoms with Gasteiger partial charge in [-0.2, -0.15) is 0 Å². The van der Waals surface area contributed by atoms with Crippen molar-refractivity contribution >= 4 is 22.9 Å². The van der Waals surface area contributed by atoms with Gasteiger partial charge in [0.1, 0.15) is 5.52 Å². The summed E-state index contributed by atoms with van der Waals surface area (Å²) < 4.78 is 5.71. The monoisotopic (exact) mass is 264 g/mol. The first-order chi connectivity index (χ1) is 8.69. The van der Waals surface area contributed by atoms with Crippen molar-refractivity contribution in [3.05, 3.63) is 24.3 Å². The van der Waals surface area contributed by atoms with E-state index < -0.39 is 0 Å². The Morgan fingerprint density at radius 2 is 2.11 bits per heavy atom. The van der Waals surface area contributed by atoms with Gasteiger partial charge in [0.05, 0.1) is 0 Å². The van der Waals surface area contributed by atoms with Crippen LogP contribution >= 0.6 is 11.8 Å². The molecule has 0 amide bonds. The van der Waals surface area contributed by atoms with E-state index in [1.165, 1.54) is 0 Å². The molecule has 0 fully saturated rings. The first-order valence-electron chi connectivity index (χ1n) is 6.44. The number of aromatic nitrogens is 1. The Labute approximate surface area is 112 Å². The van der Waals surface area contributed by atoms with E-state index in [2.05, 4.69) is 31.1 Å². The number of nitrogens with zero attached hydrogens (tertiary/aromatic N) is 1. The van der Waals surface area contributed by atoms with Crippen molar-refractivity contribution in [2.24, 2.45) is 0 Å². The third-order valence-corrected chi connectivity index (χ3v) is 3.79. The number of fused-ring (bicyclic) bond motifs is 1. The van der Waals surface area contributed by atoms with Crippen molar-refractivity contribution in [3.8, 4) is 0 Å². The van der Waals surface area contributed by atoms with E-state index in [1.54, 1.807) is 11.8 Å². The molecule has 2 aromatic rings. The molecule has 4 heteroatoms. The number of hydrogen-bond acceptors (Lipinski definition) is 4. The minimum absolute atomic E-state index is 0.493. The molecule has 0 aliphatic rings. The van der Waals surface area contributed by atoms with Crippen molar-refractivity contribution in [3.63, 3.8) is 0 Å². The second kappa shape index (κ2) is 6.25. The van der Waals surface area contributed by atoms with Crippen molar-refractivity contribution in [2.45, 2.75) is 43.7 Å². The first-order valence-corrected chi connectivity index (χ1v) is 7.32. The van der Waals surface area contributed by atoms with E-state index in [4.69, 9.17) is 4.42 Å². The molecule has 18 heavy (non-hydrogen) atoms. The van der Waals surface area contributed by atoms with Crippen molar-refractivity contribution < 1.29 is 4.42 Å². The van der Waals surface area contributed by atoms with E-state index in [9.17, 15) is 0 Å². The van der Waals surface area contributed by atoms with Crippen LogP contribution in [0.25, 0.3) is 11.1 Å². The number of thioether (sulfide) groups is 1. The largest absolute Gasteiger partial charge is 0.431 e. The summed E-state index contributed by atoms with van der Waals surface area (Å²) in [5.74, 6) is 0. The zero-order chi connectivity index (χ0) is 13.0. The fourth-order valence-corrected chi connectivity index (χ4v) is 3.07. The van der Waals surface area contributed by atoms with Crippen LogP contribution in [0.3, 0.4) is 0 Å². The van der Waals surface area contributed by atoms with Crippen LogP contribution in [0.2, 0.25) is 0 Å². The number of para-hydroxylation sites is 2. The highest BCUT2D eigenvalue weighted by molar-refractivity contribution is 7.99. The number of nitrogens with one attached hydrogen (secondary N) is 1. The number of rotatable bonds is 6. The van der Waals surface area contributed by atoms with Crippen LogP contribution in [0.4, 0.5) is 0 Å². The summed E-state index contributed by atoms with van der Waals surface area (Å²) in [6.45, 7) is 7.58. The topological polar surface area (TPSA) is 38.1 Å². The predicted molar refractivity (Wildman–Crippen MR) is 77.1 cm³/mol. The average Bonchev–Trinajstić information content (AvgIpc) is 2.70. The molecule has 0 bridgehead atoms. The second-order valence-corrected chi connectivity index (χ2v) is 5.96. The van der Waals surface area contributed by atoms with Crippen molar-refractivity contribution in [1.82, 2.24) is 10.3 Å². The van der Waals surface area contributed by atoms with E-state index in [0.29, 0.717) is 11.3 Å². The summed E-state index contributed by atoms with van der Waals surface area (Å²) in [7, 11) is 0. The number of hydrogen-bond donors (Lipinski definition) is 1. The fourth-order valence-electron chi connectivity index (χ4n) is 2.05. The maximum atomic E-state index is 5.71. The fraction of sp³-hybridized carbons (Fsp3) is 0.500. The summed E-state index contributed by atoms with van der Waals surface area (Å²) in [5, 5.41) is 4.69. The smallest absolute Gasteiger partial charge is 0.256 e. The van der Waals surface area contributed by atoms with E-state index in [-0.39, 0.29) is 0 Å². The highest BCUT2D eigenvalue weighted by Crippen LogP contribution is 2.28. The molecule has 0 radical (unpaired) electrons. The van der Waals surface area contributed by atoms with Crippen LogP contribution in [-0.2, 0) is 0 Å². The zero-order valence-electron chi connectivity index (χ0n) is 11.1. The molecule has 0 aliphatic carbocycles. The number of oxazole rings is 1. The minimum atomic E-state index is 0.493. The lowest BCUT2D eigenvalue weighted by molar-refractivity contribution is 0.484. The van der Waals surface area contributed by atoms with Crippen molar-refractivity contribution in [1.29, 1.82) is 0 Å². The molecular formula is C14H20N2OS. The highest BCUT2D eigenvalue weighted by atomic mass is 32.2. The molecule has 0 spiro atoms. The maximum absolute atomic E-state index is 5.71. The molecule has 0 saturated heterocycles. The third-order valence-electron chi connectivity index (χ3n) is 2.81. The Morgan fingerprint density at radius 1 is 1.33 bits per heavy atom. The maximum Gasteiger partial charge on any atom is 0.256 e. The average molecular weight is 264 g/mol. The molecule has 98 valence electrons. The van der Waals surface area contributed by atoms with Gasteiger partial charge in [-0.1, -0.05) is 37.7 Å². The molecule has 1 aromatic heterocycles. The predicted octanol–water partition coefficient (Wildman–Crippen LogP) is 3.70. The Balaban J connectivity index is 1.96. The van der Waals surface area contributed by atoms with Gasteiger partial charge < -0.3 is 9.73 Å². The molecule has 0 saturated carbocycles. The van der Waals surface area contributed by atoms with Gasteiger partial charge in [0, 0.05) is 11.3 Å². The van der Waals surface area contributed by atoms with Gasteiger partial charge in [0.15, 0.2) is 5.58 Å². The van der Waals surface area contributed by atoms with Crippen LogP contribution in [0.5, 0.6) is 0 Å². The van der Waals surface area contributed by atoms with Gasteiger partial charge in [-0.15, -0.1) is 0 Å². The van der Waals surface area contributed by atoms with Crippen LogP contribution < -0.4 is 5.32 Å². The molecule has 1 heterocycles. The Bertz CT molecular complexity index is 464. The molecule has 2 unspecified atom stereocenters. The summed E-state index contributed by atoms with van der Waals surface area (Å²) in [5.41, 5.74) is 1.80. The molecule has 3 nitrogen and oxygen atoms in total. The van der Waals surface area contributed by atoms with E-state index in [1.807, 2.05) is 24.3 Å². The molecule has 1 N–H and O–H groups in total. The van der Waals surface area contributed by atoms with Gasteiger partial charge >= 0.3 is 0 Å². The second-order valence-electron chi connectivity index (χ2n) is 4.57. The molecule has 1 aromatic carbocycles. The number of benzene rings is 1. The molecule has 2 atom stereocenters. The van der Waals surface area contributed by atoms with E-state index >= 15 is 0 Å². The molecule has 0 aliphatic heterocycles.